The fraction of sp³-hybridized carbons (Fsp3) is 0.300. The van der Waals surface area contributed by atoms with E-state index in [-0.39, 0.29) is 17.5 Å². The molecule has 0 atom stereocenters. The Morgan fingerprint density at radius 2 is 1.81 bits per heavy atom. The van der Waals surface area contributed by atoms with E-state index in [1.165, 1.54) is 12.8 Å². The fourth-order valence-electron chi connectivity index (χ4n) is 5.23. The molecule has 2 aliphatic heterocycles. The Morgan fingerprint density at radius 3 is 2.57 bits per heavy atom. The maximum atomic E-state index is 13.6. The first-order valence-electron chi connectivity index (χ1n) is 12.8. The summed E-state index contributed by atoms with van der Waals surface area (Å²) in [6.45, 7) is 5.14. The van der Waals surface area contributed by atoms with Crippen LogP contribution in [0.5, 0.6) is 0 Å². The SMILES string of the molecule is Cc1c(C(=O)CCCCN2CCCC2)[nH]c(/C=C2\C(=O)Nc3ccc(Br)cc32)c1C(=O)c1ccccc1. The van der Waals surface area contributed by atoms with Crippen molar-refractivity contribution in [3.63, 3.8) is 0 Å². The van der Waals surface area contributed by atoms with Gasteiger partial charge in [0.05, 0.1) is 22.5 Å². The van der Waals surface area contributed by atoms with Gasteiger partial charge in [0.1, 0.15) is 0 Å². The highest BCUT2D eigenvalue weighted by atomic mass is 79.9. The zero-order valence-electron chi connectivity index (χ0n) is 20.9. The minimum atomic E-state index is -0.242. The highest BCUT2D eigenvalue weighted by Gasteiger charge is 2.28. The lowest BCUT2D eigenvalue weighted by molar-refractivity contribution is -0.110. The van der Waals surface area contributed by atoms with Gasteiger partial charge in [0.25, 0.3) is 5.91 Å². The Balaban J connectivity index is 1.47. The Bertz CT molecular complexity index is 1380. The molecule has 1 amide bonds. The number of hydrogen-bond acceptors (Lipinski definition) is 4. The predicted octanol–water partition coefficient (Wildman–Crippen LogP) is 6.26. The van der Waals surface area contributed by atoms with Crippen molar-refractivity contribution in [1.82, 2.24) is 9.88 Å². The summed E-state index contributed by atoms with van der Waals surface area (Å²) < 4.78 is 0.849. The molecule has 3 aromatic rings. The van der Waals surface area contributed by atoms with E-state index in [0.717, 1.165) is 42.5 Å². The number of carbonyl (C=O) groups is 3. The molecule has 0 unspecified atom stereocenters. The summed E-state index contributed by atoms with van der Waals surface area (Å²) in [5.41, 5.74) is 4.42. The van der Waals surface area contributed by atoms with E-state index in [0.29, 0.717) is 45.8 Å². The van der Waals surface area contributed by atoms with Crippen molar-refractivity contribution in [1.29, 1.82) is 0 Å². The van der Waals surface area contributed by atoms with Crippen molar-refractivity contribution in [3.8, 4) is 0 Å². The summed E-state index contributed by atoms with van der Waals surface area (Å²) in [6.07, 6.45) is 6.41. The lowest BCUT2D eigenvalue weighted by Gasteiger charge is -2.13. The zero-order chi connectivity index (χ0) is 25.9. The number of hydrogen-bond donors (Lipinski definition) is 2. The van der Waals surface area contributed by atoms with E-state index in [9.17, 15) is 14.4 Å². The molecule has 1 fully saturated rings. The van der Waals surface area contributed by atoms with Gasteiger partial charge in [-0.15, -0.1) is 0 Å². The first-order chi connectivity index (χ1) is 17.9. The van der Waals surface area contributed by atoms with E-state index >= 15 is 0 Å². The van der Waals surface area contributed by atoms with E-state index in [1.807, 2.05) is 43.3 Å². The van der Waals surface area contributed by atoms with Gasteiger partial charge in [0.2, 0.25) is 0 Å². The molecule has 0 aliphatic carbocycles. The van der Waals surface area contributed by atoms with Crippen LogP contribution in [0, 0.1) is 6.92 Å². The molecule has 2 aromatic carbocycles. The Kier molecular flexibility index (Phi) is 7.53. The van der Waals surface area contributed by atoms with E-state index in [2.05, 4.69) is 31.1 Å². The highest BCUT2D eigenvalue weighted by molar-refractivity contribution is 9.10. The number of nitrogens with one attached hydrogen (secondary N) is 2. The van der Waals surface area contributed by atoms with Crippen LogP contribution in [0.25, 0.3) is 11.6 Å². The molecule has 0 spiro atoms. The molecule has 0 saturated carbocycles. The van der Waals surface area contributed by atoms with Gasteiger partial charge in [0.15, 0.2) is 11.6 Å². The number of carbonyl (C=O) groups excluding carboxylic acids is 3. The first kappa shape index (κ1) is 25.4. The maximum absolute atomic E-state index is 13.6. The highest BCUT2D eigenvalue weighted by Crippen LogP contribution is 2.36. The van der Waals surface area contributed by atoms with Crippen molar-refractivity contribution in [2.45, 2.75) is 39.0 Å². The summed E-state index contributed by atoms with van der Waals surface area (Å²) in [6, 6.07) is 14.6. The Labute approximate surface area is 225 Å². The standard InChI is InChI=1S/C30H30BrN3O3/c1-19-27(29(36)20-9-3-2-4-10-20)25(18-23-22-17-21(31)12-13-24(22)33-30(23)37)32-28(19)26(35)11-5-6-14-34-15-7-8-16-34/h2-4,9-10,12-13,17-18,32H,5-8,11,14-16H2,1H3,(H,33,37)/b23-18-. The van der Waals surface area contributed by atoms with Crippen molar-refractivity contribution >= 4 is 50.7 Å². The maximum Gasteiger partial charge on any atom is 0.256 e. The molecule has 37 heavy (non-hydrogen) atoms. The van der Waals surface area contributed by atoms with Crippen molar-refractivity contribution in [2.24, 2.45) is 0 Å². The number of benzene rings is 2. The molecule has 1 saturated heterocycles. The van der Waals surface area contributed by atoms with E-state index in [4.69, 9.17) is 0 Å². The fourth-order valence-corrected chi connectivity index (χ4v) is 5.59. The van der Waals surface area contributed by atoms with Crippen LogP contribution in [0.15, 0.2) is 53.0 Å². The number of anilines is 1. The number of ketones is 2. The summed E-state index contributed by atoms with van der Waals surface area (Å²) in [5, 5.41) is 2.88. The molecule has 6 nitrogen and oxygen atoms in total. The van der Waals surface area contributed by atoms with Crippen LogP contribution < -0.4 is 5.32 Å². The van der Waals surface area contributed by atoms with Crippen molar-refractivity contribution in [3.05, 3.63) is 86.6 Å². The summed E-state index contributed by atoms with van der Waals surface area (Å²) in [4.78, 5) is 45.4. The normalized spacial score (nSPS) is 16.3. The van der Waals surface area contributed by atoms with Gasteiger partial charge < -0.3 is 15.2 Å². The van der Waals surface area contributed by atoms with Crippen LogP contribution >= 0.6 is 15.9 Å². The van der Waals surface area contributed by atoms with Gasteiger partial charge in [-0.05, 0) is 82.1 Å². The van der Waals surface area contributed by atoms with Crippen LogP contribution in [0.1, 0.15) is 75.3 Å². The monoisotopic (exact) mass is 559 g/mol. The summed E-state index contributed by atoms with van der Waals surface area (Å²) >= 11 is 3.48. The number of nitrogens with zero attached hydrogens (tertiary/aromatic N) is 1. The second kappa shape index (κ2) is 11.0. The zero-order valence-corrected chi connectivity index (χ0v) is 22.5. The van der Waals surface area contributed by atoms with Crippen molar-refractivity contribution < 1.29 is 14.4 Å². The number of likely N-dealkylation sites (tertiary alicyclic amines) is 1. The number of rotatable bonds is 9. The van der Waals surface area contributed by atoms with Gasteiger partial charge in [-0.1, -0.05) is 46.3 Å². The lowest BCUT2D eigenvalue weighted by atomic mass is 9.96. The van der Waals surface area contributed by atoms with Crippen LogP contribution in [0.4, 0.5) is 5.69 Å². The number of aromatic nitrogens is 1. The molecule has 3 heterocycles. The molecule has 0 radical (unpaired) electrons. The van der Waals surface area contributed by atoms with Gasteiger partial charge in [-0.2, -0.15) is 0 Å². The van der Waals surface area contributed by atoms with Crippen LogP contribution in [0.3, 0.4) is 0 Å². The smallest absolute Gasteiger partial charge is 0.256 e. The largest absolute Gasteiger partial charge is 0.352 e. The first-order valence-corrected chi connectivity index (χ1v) is 13.6. The summed E-state index contributed by atoms with van der Waals surface area (Å²) in [7, 11) is 0. The van der Waals surface area contributed by atoms with E-state index < -0.39 is 0 Å². The molecule has 7 heteroatoms. The third-order valence-electron chi connectivity index (χ3n) is 7.20. The summed E-state index contributed by atoms with van der Waals surface area (Å²) in [5.74, 6) is -0.430. The third kappa shape index (κ3) is 5.38. The minimum absolute atomic E-state index is 0.00954. The van der Waals surface area contributed by atoms with Gasteiger partial charge >= 0.3 is 0 Å². The van der Waals surface area contributed by atoms with Crippen LogP contribution in [-0.4, -0.2) is 47.0 Å². The van der Waals surface area contributed by atoms with E-state index in [1.54, 1.807) is 18.2 Å². The Morgan fingerprint density at radius 1 is 1.05 bits per heavy atom. The molecule has 2 N–H and O–H groups in total. The average Bonchev–Trinajstić information content (AvgIpc) is 3.61. The molecular weight excluding hydrogens is 530 g/mol. The number of Topliss-reactive ketones (excluding diaryl/α,β-unsaturated/α-hetero) is 1. The number of amides is 1. The molecule has 0 bridgehead atoms. The van der Waals surface area contributed by atoms with Crippen molar-refractivity contribution in [2.75, 3.05) is 25.0 Å². The third-order valence-corrected chi connectivity index (χ3v) is 7.69. The molecule has 5 rings (SSSR count). The molecule has 190 valence electrons. The van der Waals surface area contributed by atoms with Gasteiger partial charge in [-0.3, -0.25) is 14.4 Å². The quantitative estimate of drug-likeness (QED) is 0.184. The topological polar surface area (TPSA) is 82.3 Å². The average molecular weight is 560 g/mol. The Hall–Kier alpha value is -3.29. The number of aromatic amines is 1. The number of fused-ring (bicyclic) bond motifs is 1. The number of unbranched alkanes of at least 4 members (excludes halogenated alkanes) is 1. The minimum Gasteiger partial charge on any atom is -0.352 e. The van der Waals surface area contributed by atoms with Crippen LogP contribution in [0.2, 0.25) is 0 Å². The lowest BCUT2D eigenvalue weighted by Crippen LogP contribution is -2.20. The molecule has 2 aliphatic rings. The number of H-pyrrole nitrogens is 1. The van der Waals surface area contributed by atoms with Gasteiger partial charge in [0, 0.05) is 27.7 Å². The molecule has 1 aromatic heterocycles. The second-order valence-corrected chi connectivity index (χ2v) is 10.7. The second-order valence-electron chi connectivity index (χ2n) is 9.74. The predicted molar refractivity (Wildman–Crippen MR) is 150 cm³/mol. The van der Waals surface area contributed by atoms with Crippen LogP contribution in [-0.2, 0) is 4.79 Å². The molecular formula is C30H30BrN3O3. The van der Waals surface area contributed by atoms with Gasteiger partial charge in [-0.25, -0.2) is 0 Å². The number of halogens is 1.